The molecule has 1 N–H and O–H groups in total. The van der Waals surface area contributed by atoms with Crippen LogP contribution in [0.4, 0.5) is 0 Å². The van der Waals surface area contributed by atoms with E-state index >= 15 is 0 Å². The molecule has 0 aliphatic heterocycles. The van der Waals surface area contributed by atoms with Crippen LogP contribution in [0, 0.1) is 16.7 Å². The summed E-state index contributed by atoms with van der Waals surface area (Å²) in [4.78, 5) is 14.3. The smallest absolute Gasteiger partial charge is 0.145 e. The third-order valence-corrected chi connectivity index (χ3v) is 8.39. The molecule has 3 atom stereocenters. The number of carbonyl (C=O) groups excluding carboxylic acids is 1. The van der Waals surface area contributed by atoms with Crippen molar-refractivity contribution in [1.82, 2.24) is 0 Å². The standard InChI is InChI=1S/C30H40O2/c1-8-27(3,4)26(31)25-29(7,24-18-14-11-15-19-24)20-23(22-16-12-10-13-17-22)21-30(25,32)28(5,6)9-2/h10-19,21,25,32H,8-9,20H2,1-7H3/t25-,29-,30+/m0/s1. The van der Waals surface area contributed by atoms with Gasteiger partial charge in [-0.15, -0.1) is 0 Å². The molecule has 3 rings (SSSR count). The lowest BCUT2D eigenvalue weighted by molar-refractivity contribution is -0.155. The van der Waals surface area contributed by atoms with Crippen LogP contribution in [-0.2, 0) is 10.2 Å². The Morgan fingerprint density at radius 1 is 0.938 bits per heavy atom. The molecule has 0 bridgehead atoms. The summed E-state index contributed by atoms with van der Waals surface area (Å²) in [5.74, 6) is -0.395. The molecule has 2 nitrogen and oxygen atoms in total. The fourth-order valence-corrected chi connectivity index (χ4v) is 5.23. The molecule has 1 aliphatic carbocycles. The minimum Gasteiger partial charge on any atom is -0.384 e. The summed E-state index contributed by atoms with van der Waals surface area (Å²) in [5, 5.41) is 12.6. The summed E-state index contributed by atoms with van der Waals surface area (Å²) in [6.07, 6.45) is 4.25. The van der Waals surface area contributed by atoms with E-state index in [1.165, 1.54) is 0 Å². The van der Waals surface area contributed by atoms with E-state index in [-0.39, 0.29) is 5.78 Å². The van der Waals surface area contributed by atoms with Gasteiger partial charge in [-0.2, -0.15) is 0 Å². The van der Waals surface area contributed by atoms with Crippen LogP contribution in [-0.4, -0.2) is 16.5 Å². The summed E-state index contributed by atoms with van der Waals surface area (Å²) in [7, 11) is 0. The number of benzene rings is 2. The highest BCUT2D eigenvalue weighted by Gasteiger charge is 2.61. The van der Waals surface area contributed by atoms with Crippen molar-refractivity contribution in [3.8, 4) is 0 Å². The van der Waals surface area contributed by atoms with Gasteiger partial charge in [-0.3, -0.25) is 4.79 Å². The maximum absolute atomic E-state index is 14.3. The van der Waals surface area contributed by atoms with Gasteiger partial charge in [0.05, 0.1) is 11.5 Å². The average molecular weight is 433 g/mol. The molecule has 32 heavy (non-hydrogen) atoms. The second kappa shape index (κ2) is 8.63. The van der Waals surface area contributed by atoms with Crippen molar-refractivity contribution in [2.75, 3.05) is 0 Å². The van der Waals surface area contributed by atoms with Crippen LogP contribution in [0.2, 0.25) is 0 Å². The number of carbonyl (C=O) groups is 1. The zero-order valence-electron chi connectivity index (χ0n) is 20.9. The Hall–Kier alpha value is -2.19. The number of ketones is 1. The van der Waals surface area contributed by atoms with Crippen LogP contribution >= 0.6 is 0 Å². The maximum atomic E-state index is 14.3. The van der Waals surface area contributed by atoms with Crippen LogP contribution in [0.5, 0.6) is 0 Å². The lowest BCUT2D eigenvalue weighted by Crippen LogP contribution is -2.62. The van der Waals surface area contributed by atoms with Gasteiger partial charge in [0.25, 0.3) is 0 Å². The Labute approximate surface area is 194 Å². The summed E-state index contributed by atoms with van der Waals surface area (Å²) >= 11 is 0. The summed E-state index contributed by atoms with van der Waals surface area (Å²) in [6, 6.07) is 20.6. The van der Waals surface area contributed by atoms with Crippen molar-refractivity contribution in [1.29, 1.82) is 0 Å². The van der Waals surface area contributed by atoms with Crippen LogP contribution < -0.4 is 0 Å². The van der Waals surface area contributed by atoms with E-state index in [1.54, 1.807) is 0 Å². The minimum absolute atomic E-state index is 0.152. The zero-order valence-corrected chi connectivity index (χ0v) is 20.9. The largest absolute Gasteiger partial charge is 0.384 e. The van der Waals surface area contributed by atoms with Crippen LogP contribution in [0.15, 0.2) is 66.7 Å². The first-order chi connectivity index (χ1) is 14.9. The highest BCUT2D eigenvalue weighted by molar-refractivity contribution is 5.91. The van der Waals surface area contributed by atoms with Crippen LogP contribution in [0.3, 0.4) is 0 Å². The Balaban J connectivity index is 2.37. The van der Waals surface area contributed by atoms with Crippen LogP contribution in [0.1, 0.15) is 78.9 Å². The molecule has 0 unspecified atom stereocenters. The second-order valence-electron chi connectivity index (χ2n) is 11.1. The van der Waals surface area contributed by atoms with Crippen molar-refractivity contribution >= 4 is 11.4 Å². The Kier molecular flexibility index (Phi) is 6.60. The van der Waals surface area contributed by atoms with Crippen molar-refractivity contribution in [2.24, 2.45) is 16.7 Å². The van der Waals surface area contributed by atoms with Gasteiger partial charge in [0.15, 0.2) is 0 Å². The molecule has 2 aromatic rings. The van der Waals surface area contributed by atoms with E-state index in [9.17, 15) is 9.90 Å². The van der Waals surface area contributed by atoms with E-state index in [0.717, 1.165) is 29.5 Å². The van der Waals surface area contributed by atoms with Crippen molar-refractivity contribution < 1.29 is 9.90 Å². The molecular formula is C30H40O2. The first-order valence-electron chi connectivity index (χ1n) is 12.0. The molecule has 0 heterocycles. The molecule has 0 amide bonds. The lowest BCUT2D eigenvalue weighted by atomic mass is 9.49. The summed E-state index contributed by atoms with van der Waals surface area (Å²) in [6.45, 7) is 14.6. The van der Waals surface area contributed by atoms with E-state index < -0.39 is 27.8 Å². The number of hydrogen-bond acceptors (Lipinski definition) is 2. The second-order valence-corrected chi connectivity index (χ2v) is 11.1. The molecule has 2 heteroatoms. The number of aliphatic hydroxyl groups is 1. The predicted molar refractivity (Wildman–Crippen MR) is 134 cm³/mol. The quantitative estimate of drug-likeness (QED) is 0.501. The Morgan fingerprint density at radius 3 is 1.97 bits per heavy atom. The molecule has 0 radical (unpaired) electrons. The first kappa shape index (κ1) is 24.5. The van der Waals surface area contributed by atoms with E-state index in [4.69, 9.17) is 0 Å². The molecule has 0 fully saturated rings. The van der Waals surface area contributed by atoms with Gasteiger partial charge in [0.1, 0.15) is 5.78 Å². The molecule has 0 aromatic heterocycles. The van der Waals surface area contributed by atoms with Gasteiger partial charge in [-0.25, -0.2) is 0 Å². The minimum atomic E-state index is -1.28. The maximum Gasteiger partial charge on any atom is 0.145 e. The summed E-state index contributed by atoms with van der Waals surface area (Å²) < 4.78 is 0. The van der Waals surface area contributed by atoms with E-state index in [1.807, 2.05) is 56.3 Å². The molecular weight excluding hydrogens is 392 g/mol. The zero-order chi connectivity index (χ0) is 23.8. The van der Waals surface area contributed by atoms with Gasteiger partial charge in [0, 0.05) is 10.8 Å². The third kappa shape index (κ3) is 3.99. The molecule has 0 saturated heterocycles. The van der Waals surface area contributed by atoms with Gasteiger partial charge < -0.3 is 5.11 Å². The van der Waals surface area contributed by atoms with Gasteiger partial charge in [-0.1, -0.05) is 109 Å². The normalized spacial score (nSPS) is 26.5. The van der Waals surface area contributed by atoms with Crippen molar-refractivity contribution in [3.05, 3.63) is 77.9 Å². The van der Waals surface area contributed by atoms with Crippen LogP contribution in [0.25, 0.3) is 5.57 Å². The predicted octanol–water partition coefficient (Wildman–Crippen LogP) is 7.22. The number of allylic oxidation sites excluding steroid dienone is 1. The molecule has 2 aromatic carbocycles. The van der Waals surface area contributed by atoms with Crippen molar-refractivity contribution in [3.63, 3.8) is 0 Å². The lowest BCUT2D eigenvalue weighted by Gasteiger charge is -2.56. The van der Waals surface area contributed by atoms with E-state index in [2.05, 4.69) is 58.9 Å². The number of rotatable bonds is 7. The summed E-state index contributed by atoms with van der Waals surface area (Å²) in [5.41, 5.74) is 0.521. The van der Waals surface area contributed by atoms with Crippen molar-refractivity contribution in [2.45, 2.75) is 78.7 Å². The fraction of sp³-hybridized carbons (Fsp3) is 0.500. The molecule has 0 saturated carbocycles. The van der Waals surface area contributed by atoms with E-state index in [0.29, 0.717) is 6.42 Å². The molecule has 0 spiro atoms. The number of hydrogen-bond donors (Lipinski definition) is 1. The highest BCUT2D eigenvalue weighted by Crippen LogP contribution is 2.57. The van der Waals surface area contributed by atoms with Gasteiger partial charge in [-0.05, 0) is 47.5 Å². The first-order valence-corrected chi connectivity index (χ1v) is 12.0. The topological polar surface area (TPSA) is 37.3 Å². The molecule has 1 aliphatic rings. The fourth-order valence-electron chi connectivity index (χ4n) is 5.23. The third-order valence-electron chi connectivity index (χ3n) is 8.39. The Morgan fingerprint density at radius 2 is 1.47 bits per heavy atom. The highest BCUT2D eigenvalue weighted by atomic mass is 16.3. The monoisotopic (exact) mass is 432 g/mol. The van der Waals surface area contributed by atoms with Gasteiger partial charge >= 0.3 is 0 Å². The Bertz CT molecular complexity index is 970. The average Bonchev–Trinajstić information content (AvgIpc) is 2.79. The SMILES string of the molecule is CCC(C)(C)C(=O)[C@H]1[C@](C)(c2ccccc2)CC(c2ccccc2)=C[C@]1(O)C(C)(C)CC. The molecule has 172 valence electrons. The number of Topliss-reactive ketones (excluding diaryl/α,β-unsaturated/α-hetero) is 1. The van der Waals surface area contributed by atoms with Gasteiger partial charge in [0.2, 0.25) is 0 Å².